The number of rotatable bonds is 3. The molecule has 96 valence electrons. The van der Waals surface area contributed by atoms with E-state index < -0.39 is 0 Å². The topological polar surface area (TPSA) is 17.1 Å². The van der Waals surface area contributed by atoms with Crippen molar-refractivity contribution in [1.82, 2.24) is 0 Å². The normalized spacial score (nSPS) is 20.6. The Bertz CT molecular complexity index is 466. The maximum absolute atomic E-state index is 12.8. The highest BCUT2D eigenvalue weighted by Gasteiger charge is 2.41. The Labute approximate surface area is 108 Å². The molecule has 2 heteroatoms. The first-order valence-corrected chi connectivity index (χ1v) is 6.62. The van der Waals surface area contributed by atoms with Gasteiger partial charge in [-0.15, -0.1) is 0 Å². The molecule has 0 N–H and O–H groups in total. The van der Waals surface area contributed by atoms with Crippen LogP contribution < -0.4 is 0 Å². The summed E-state index contributed by atoms with van der Waals surface area (Å²) < 4.78 is 12.8. The van der Waals surface area contributed by atoms with Crippen LogP contribution in [0.5, 0.6) is 0 Å². The third kappa shape index (κ3) is 2.24. The highest BCUT2D eigenvalue weighted by molar-refractivity contribution is 6.05. The van der Waals surface area contributed by atoms with Gasteiger partial charge in [0.25, 0.3) is 0 Å². The second kappa shape index (κ2) is 5.05. The Morgan fingerprint density at radius 1 is 1.22 bits per heavy atom. The van der Waals surface area contributed by atoms with Gasteiger partial charge < -0.3 is 0 Å². The van der Waals surface area contributed by atoms with E-state index in [1.54, 1.807) is 12.1 Å². The molecule has 0 aromatic heterocycles. The lowest BCUT2D eigenvalue weighted by Crippen LogP contribution is -2.24. The molecule has 1 aliphatic rings. The van der Waals surface area contributed by atoms with Crippen LogP contribution in [0.4, 0.5) is 4.39 Å². The molecular weight excluding hydrogens is 227 g/mol. The van der Waals surface area contributed by atoms with Crippen LogP contribution in [0.15, 0.2) is 29.8 Å². The Morgan fingerprint density at radius 2 is 1.83 bits per heavy atom. The molecule has 1 aliphatic carbocycles. The molecule has 0 amide bonds. The van der Waals surface area contributed by atoms with E-state index >= 15 is 0 Å². The van der Waals surface area contributed by atoms with Gasteiger partial charge >= 0.3 is 0 Å². The molecule has 0 saturated heterocycles. The summed E-state index contributed by atoms with van der Waals surface area (Å²) in [6, 6.07) is 6.29. The number of hydrogen-bond acceptors (Lipinski definition) is 1. The van der Waals surface area contributed by atoms with E-state index in [9.17, 15) is 9.18 Å². The number of carbonyl (C=O) groups excluding carboxylic acids is 1. The van der Waals surface area contributed by atoms with Gasteiger partial charge in [0, 0.05) is 5.41 Å². The first-order valence-electron chi connectivity index (χ1n) is 6.62. The van der Waals surface area contributed by atoms with Crippen LogP contribution in [0.25, 0.3) is 6.08 Å². The summed E-state index contributed by atoms with van der Waals surface area (Å²) in [5.74, 6) is 0.0446. The molecule has 0 aliphatic heterocycles. The van der Waals surface area contributed by atoms with Crippen LogP contribution in [0, 0.1) is 11.2 Å². The summed E-state index contributed by atoms with van der Waals surface area (Å²) in [6.07, 6.45) is 5.52. The van der Waals surface area contributed by atoms with Gasteiger partial charge in [-0.3, -0.25) is 4.79 Å². The lowest BCUT2D eigenvalue weighted by molar-refractivity contribution is -0.123. The molecule has 2 rings (SSSR count). The lowest BCUT2D eigenvalue weighted by atomic mass is 9.79. The van der Waals surface area contributed by atoms with Gasteiger partial charge in [-0.05, 0) is 55.0 Å². The Balaban J connectivity index is 2.26. The number of carbonyl (C=O) groups is 1. The fourth-order valence-electron chi connectivity index (χ4n) is 2.76. The summed E-state index contributed by atoms with van der Waals surface area (Å²) in [6.45, 7) is 4.17. The minimum absolute atomic E-state index is 0.147. The fraction of sp³-hybridized carbons (Fsp3) is 0.438. The first-order chi connectivity index (χ1) is 8.61. The van der Waals surface area contributed by atoms with Gasteiger partial charge in [-0.25, -0.2) is 4.39 Å². The first kappa shape index (κ1) is 13.0. The standard InChI is InChI=1S/C16H19FO/c1-3-16(4-2)10-9-13(15(16)18)11-12-5-7-14(17)8-6-12/h5-8,11H,3-4,9-10H2,1-2H3/b13-11+. The second-order valence-corrected chi connectivity index (χ2v) is 5.04. The number of ketones is 1. The van der Waals surface area contributed by atoms with E-state index in [0.717, 1.165) is 36.8 Å². The van der Waals surface area contributed by atoms with Gasteiger partial charge in [0.2, 0.25) is 0 Å². The largest absolute Gasteiger partial charge is 0.294 e. The highest BCUT2D eigenvalue weighted by atomic mass is 19.1. The minimum Gasteiger partial charge on any atom is -0.294 e. The van der Waals surface area contributed by atoms with Crippen molar-refractivity contribution in [3.8, 4) is 0 Å². The smallest absolute Gasteiger partial charge is 0.164 e. The molecule has 1 nitrogen and oxygen atoms in total. The van der Waals surface area contributed by atoms with Crippen molar-refractivity contribution in [2.45, 2.75) is 39.5 Å². The molecule has 18 heavy (non-hydrogen) atoms. The van der Waals surface area contributed by atoms with E-state index in [-0.39, 0.29) is 17.0 Å². The second-order valence-electron chi connectivity index (χ2n) is 5.04. The summed E-state index contributed by atoms with van der Waals surface area (Å²) in [7, 11) is 0. The summed E-state index contributed by atoms with van der Waals surface area (Å²) in [5.41, 5.74) is 1.65. The van der Waals surface area contributed by atoms with Crippen LogP contribution >= 0.6 is 0 Å². The van der Waals surface area contributed by atoms with Crippen LogP contribution in [0.1, 0.15) is 45.1 Å². The number of Topliss-reactive ketones (excluding diaryl/α,β-unsaturated/α-hetero) is 1. The van der Waals surface area contributed by atoms with Crippen LogP contribution in [-0.4, -0.2) is 5.78 Å². The SMILES string of the molecule is CCC1(CC)CC/C(=C\c2ccc(F)cc2)C1=O. The molecule has 1 saturated carbocycles. The number of halogens is 1. The molecule has 0 unspecified atom stereocenters. The van der Waals surface area contributed by atoms with E-state index in [0.29, 0.717) is 0 Å². The van der Waals surface area contributed by atoms with Crippen molar-refractivity contribution in [3.63, 3.8) is 0 Å². The molecular formula is C16H19FO. The van der Waals surface area contributed by atoms with E-state index in [2.05, 4.69) is 13.8 Å². The monoisotopic (exact) mass is 246 g/mol. The maximum atomic E-state index is 12.8. The summed E-state index contributed by atoms with van der Waals surface area (Å²) >= 11 is 0. The number of allylic oxidation sites excluding steroid dienone is 1. The third-order valence-corrected chi connectivity index (χ3v) is 4.21. The number of hydrogen-bond donors (Lipinski definition) is 0. The Morgan fingerprint density at radius 3 is 2.33 bits per heavy atom. The van der Waals surface area contributed by atoms with Crippen molar-refractivity contribution < 1.29 is 9.18 Å². The molecule has 0 bridgehead atoms. The van der Waals surface area contributed by atoms with Gasteiger partial charge in [0.15, 0.2) is 5.78 Å². The average Bonchev–Trinajstić information content (AvgIpc) is 2.70. The van der Waals surface area contributed by atoms with E-state index in [4.69, 9.17) is 0 Å². The van der Waals surface area contributed by atoms with Gasteiger partial charge in [-0.2, -0.15) is 0 Å². The highest BCUT2D eigenvalue weighted by Crippen LogP contribution is 2.43. The summed E-state index contributed by atoms with van der Waals surface area (Å²) in [5, 5.41) is 0. The van der Waals surface area contributed by atoms with Gasteiger partial charge in [0.05, 0.1) is 0 Å². The predicted octanol–water partition coefficient (Wildman–Crippen LogP) is 4.38. The number of benzene rings is 1. The molecule has 0 spiro atoms. The van der Waals surface area contributed by atoms with Gasteiger partial charge in [0.1, 0.15) is 5.82 Å². The van der Waals surface area contributed by atoms with Gasteiger partial charge in [-0.1, -0.05) is 26.0 Å². The average molecular weight is 246 g/mol. The fourth-order valence-corrected chi connectivity index (χ4v) is 2.76. The van der Waals surface area contributed by atoms with Crippen LogP contribution in [0.2, 0.25) is 0 Å². The third-order valence-electron chi connectivity index (χ3n) is 4.21. The van der Waals surface area contributed by atoms with Crippen molar-refractivity contribution in [3.05, 3.63) is 41.2 Å². The molecule has 0 radical (unpaired) electrons. The molecule has 0 heterocycles. The molecule has 1 fully saturated rings. The van der Waals surface area contributed by atoms with E-state index in [1.165, 1.54) is 12.1 Å². The maximum Gasteiger partial charge on any atom is 0.164 e. The molecule has 0 atom stereocenters. The molecule has 1 aromatic carbocycles. The van der Waals surface area contributed by atoms with Crippen molar-refractivity contribution in [1.29, 1.82) is 0 Å². The van der Waals surface area contributed by atoms with Crippen molar-refractivity contribution >= 4 is 11.9 Å². The Kier molecular flexibility index (Phi) is 3.65. The zero-order chi connectivity index (χ0) is 13.2. The van der Waals surface area contributed by atoms with E-state index in [1.807, 2.05) is 6.08 Å². The molecule has 1 aromatic rings. The minimum atomic E-state index is -0.244. The Hall–Kier alpha value is -1.44. The van der Waals surface area contributed by atoms with Crippen molar-refractivity contribution in [2.75, 3.05) is 0 Å². The quantitative estimate of drug-likeness (QED) is 0.723. The van der Waals surface area contributed by atoms with Crippen LogP contribution in [0.3, 0.4) is 0 Å². The predicted molar refractivity (Wildman–Crippen MR) is 71.6 cm³/mol. The van der Waals surface area contributed by atoms with Crippen LogP contribution in [-0.2, 0) is 4.79 Å². The lowest BCUT2D eigenvalue weighted by Gasteiger charge is -2.22. The zero-order valence-electron chi connectivity index (χ0n) is 11.0. The van der Waals surface area contributed by atoms with Crippen molar-refractivity contribution in [2.24, 2.45) is 5.41 Å². The summed E-state index contributed by atoms with van der Waals surface area (Å²) in [4.78, 5) is 12.4. The zero-order valence-corrected chi connectivity index (χ0v) is 11.0.